The third kappa shape index (κ3) is 4.91. The Bertz CT molecular complexity index is 520. The summed E-state index contributed by atoms with van der Waals surface area (Å²) in [6, 6.07) is 7.81. The van der Waals surface area contributed by atoms with Gasteiger partial charge in [0.15, 0.2) is 0 Å². The van der Waals surface area contributed by atoms with E-state index in [2.05, 4.69) is 6.58 Å². The first-order valence-corrected chi connectivity index (χ1v) is 8.62. The molecule has 1 amide bonds. The summed E-state index contributed by atoms with van der Waals surface area (Å²) in [6.45, 7) is 4.28. The second kappa shape index (κ2) is 8.84. The summed E-state index contributed by atoms with van der Waals surface area (Å²) >= 11 is 1.79. The summed E-state index contributed by atoms with van der Waals surface area (Å²) in [6.07, 6.45) is 1.94. The van der Waals surface area contributed by atoms with Crippen molar-refractivity contribution in [3.05, 3.63) is 42.5 Å². The highest BCUT2D eigenvalue weighted by molar-refractivity contribution is 7.99. The third-order valence-corrected chi connectivity index (χ3v) is 5.10. The predicted octanol–water partition coefficient (Wildman–Crippen LogP) is 2.69. The van der Waals surface area contributed by atoms with Crippen LogP contribution in [-0.2, 0) is 10.5 Å². The van der Waals surface area contributed by atoms with Gasteiger partial charge >= 0.3 is 6.09 Å². The van der Waals surface area contributed by atoms with Crippen molar-refractivity contribution in [2.24, 2.45) is 0 Å². The fourth-order valence-corrected chi connectivity index (χ4v) is 3.78. The van der Waals surface area contributed by atoms with E-state index in [-0.39, 0.29) is 25.3 Å². The van der Waals surface area contributed by atoms with Gasteiger partial charge in [0, 0.05) is 17.5 Å². The number of amides is 1. The van der Waals surface area contributed by atoms with Crippen molar-refractivity contribution in [1.82, 2.24) is 4.90 Å². The van der Waals surface area contributed by atoms with Gasteiger partial charge in [-0.05, 0) is 24.1 Å². The first-order valence-electron chi connectivity index (χ1n) is 7.57. The van der Waals surface area contributed by atoms with Gasteiger partial charge in [-0.25, -0.2) is 4.79 Å². The maximum atomic E-state index is 12.0. The van der Waals surface area contributed by atoms with Crippen LogP contribution in [0.3, 0.4) is 0 Å². The van der Waals surface area contributed by atoms with E-state index >= 15 is 0 Å². The number of hydrogen-bond acceptors (Lipinski definition) is 5. The molecule has 0 saturated carbocycles. The van der Waals surface area contributed by atoms with Crippen molar-refractivity contribution in [1.29, 1.82) is 0 Å². The number of ether oxygens (including phenoxy) is 2. The van der Waals surface area contributed by atoms with E-state index < -0.39 is 0 Å². The number of methoxy groups -OCH3 is 1. The van der Waals surface area contributed by atoms with Crippen LogP contribution >= 0.6 is 11.8 Å². The molecule has 126 valence electrons. The van der Waals surface area contributed by atoms with Crippen molar-refractivity contribution >= 4 is 17.9 Å². The fraction of sp³-hybridized carbons (Fsp3) is 0.471. The molecular weight excluding hydrogens is 314 g/mol. The van der Waals surface area contributed by atoms with E-state index in [1.807, 2.05) is 24.3 Å². The lowest BCUT2D eigenvalue weighted by Gasteiger charge is -2.21. The smallest absolute Gasteiger partial charge is 0.410 e. The summed E-state index contributed by atoms with van der Waals surface area (Å²) in [4.78, 5) is 13.6. The molecule has 1 aromatic carbocycles. The van der Waals surface area contributed by atoms with Crippen molar-refractivity contribution in [2.75, 3.05) is 26.9 Å². The average Bonchev–Trinajstić information content (AvgIpc) is 3.01. The van der Waals surface area contributed by atoms with Gasteiger partial charge in [-0.15, -0.1) is 0 Å². The largest absolute Gasteiger partial charge is 0.497 e. The van der Waals surface area contributed by atoms with Gasteiger partial charge in [0.25, 0.3) is 0 Å². The predicted molar refractivity (Wildman–Crippen MR) is 91.8 cm³/mol. The fourth-order valence-electron chi connectivity index (χ4n) is 2.54. The number of aliphatic hydroxyl groups is 1. The van der Waals surface area contributed by atoms with Crippen molar-refractivity contribution in [2.45, 2.75) is 23.5 Å². The molecule has 1 N–H and O–H groups in total. The number of thioether (sulfide) groups is 1. The minimum Gasteiger partial charge on any atom is -0.497 e. The maximum absolute atomic E-state index is 12.0. The van der Waals surface area contributed by atoms with Crippen LogP contribution in [0.1, 0.15) is 12.0 Å². The Kier molecular flexibility index (Phi) is 6.80. The lowest BCUT2D eigenvalue weighted by molar-refractivity contribution is 0.0926. The number of nitrogens with zero attached hydrogens (tertiary/aromatic N) is 1. The highest BCUT2D eigenvalue weighted by atomic mass is 32.2. The van der Waals surface area contributed by atoms with Crippen molar-refractivity contribution < 1.29 is 19.4 Å². The highest BCUT2D eigenvalue weighted by Crippen LogP contribution is 2.30. The zero-order valence-electron chi connectivity index (χ0n) is 13.3. The summed E-state index contributed by atoms with van der Waals surface area (Å²) in [5.41, 5.74) is 1.21. The van der Waals surface area contributed by atoms with Crippen molar-refractivity contribution in [3.63, 3.8) is 0 Å². The van der Waals surface area contributed by atoms with Gasteiger partial charge < -0.3 is 19.5 Å². The maximum Gasteiger partial charge on any atom is 0.410 e. The molecule has 1 saturated heterocycles. The second-order valence-electron chi connectivity index (χ2n) is 5.37. The van der Waals surface area contributed by atoms with Gasteiger partial charge in [0.05, 0.1) is 19.8 Å². The average molecular weight is 337 g/mol. The van der Waals surface area contributed by atoms with E-state index in [1.54, 1.807) is 23.8 Å². The third-order valence-electron chi connectivity index (χ3n) is 3.79. The van der Waals surface area contributed by atoms with E-state index in [9.17, 15) is 9.90 Å². The summed E-state index contributed by atoms with van der Waals surface area (Å²) < 4.78 is 10.2. The molecule has 0 aromatic heterocycles. The molecule has 0 aliphatic carbocycles. The molecule has 2 atom stereocenters. The van der Waals surface area contributed by atoms with Crippen LogP contribution in [0.2, 0.25) is 0 Å². The Morgan fingerprint density at radius 2 is 2.22 bits per heavy atom. The van der Waals surface area contributed by atoms with Gasteiger partial charge in [-0.2, -0.15) is 11.8 Å². The molecule has 1 fully saturated rings. The number of carbonyl (C=O) groups excluding carboxylic acids is 1. The molecule has 0 radical (unpaired) electrons. The van der Waals surface area contributed by atoms with E-state index in [0.29, 0.717) is 11.8 Å². The van der Waals surface area contributed by atoms with E-state index in [0.717, 1.165) is 17.9 Å². The Morgan fingerprint density at radius 1 is 1.48 bits per heavy atom. The number of hydrogen-bond donors (Lipinski definition) is 1. The minimum atomic E-state index is -0.378. The topological polar surface area (TPSA) is 59.0 Å². The van der Waals surface area contributed by atoms with Crippen molar-refractivity contribution in [3.8, 4) is 5.75 Å². The molecule has 1 heterocycles. The van der Waals surface area contributed by atoms with Crippen LogP contribution in [0.15, 0.2) is 36.9 Å². The van der Waals surface area contributed by atoms with Crippen LogP contribution < -0.4 is 4.74 Å². The molecule has 1 aliphatic heterocycles. The van der Waals surface area contributed by atoms with Gasteiger partial charge in [0.1, 0.15) is 12.4 Å². The number of benzene rings is 1. The summed E-state index contributed by atoms with van der Waals surface area (Å²) in [5, 5.41) is 9.78. The lowest BCUT2D eigenvalue weighted by Crippen LogP contribution is -2.38. The van der Waals surface area contributed by atoms with Crippen LogP contribution in [0.5, 0.6) is 5.75 Å². The summed E-state index contributed by atoms with van der Waals surface area (Å²) in [5.74, 6) is 1.71. The molecule has 0 spiro atoms. The number of rotatable bonds is 7. The molecular formula is C17H23NO4S. The minimum absolute atomic E-state index is 0.0389. The molecule has 0 bridgehead atoms. The quantitative estimate of drug-likeness (QED) is 0.775. The summed E-state index contributed by atoms with van der Waals surface area (Å²) in [7, 11) is 1.65. The standard InChI is InChI=1S/C17H23NO4S/c1-3-8-22-17(20)18-10-16(9-14(18)11-19)23-12-13-4-6-15(21-2)7-5-13/h3-7,14,16,19H,1,8-12H2,2H3/t14-,16-/m0/s1. The van der Waals surface area contributed by atoms with Crippen LogP contribution in [-0.4, -0.2) is 54.3 Å². The normalized spacial score (nSPS) is 20.3. The molecule has 1 aromatic rings. The Hall–Kier alpha value is -1.66. The van der Waals surface area contributed by atoms with Crippen LogP contribution in [0, 0.1) is 0 Å². The SMILES string of the molecule is C=CCOC(=O)N1C[C@@H](SCc2ccc(OC)cc2)C[C@H]1CO. The molecule has 2 rings (SSSR count). The zero-order chi connectivity index (χ0) is 16.7. The number of aliphatic hydroxyl groups excluding tert-OH is 1. The van der Waals surface area contributed by atoms with Crippen LogP contribution in [0.4, 0.5) is 4.79 Å². The zero-order valence-corrected chi connectivity index (χ0v) is 14.1. The Labute approximate surface area is 141 Å². The van der Waals surface area contributed by atoms with Gasteiger partial charge in [-0.1, -0.05) is 24.8 Å². The Morgan fingerprint density at radius 3 is 2.83 bits per heavy atom. The molecule has 1 aliphatic rings. The number of carbonyl (C=O) groups is 1. The second-order valence-corrected chi connectivity index (χ2v) is 6.66. The van der Waals surface area contributed by atoms with Crippen LogP contribution in [0.25, 0.3) is 0 Å². The first kappa shape index (κ1) is 17.7. The molecule has 5 nitrogen and oxygen atoms in total. The first-order chi connectivity index (χ1) is 11.2. The van der Waals surface area contributed by atoms with E-state index in [4.69, 9.17) is 9.47 Å². The Balaban J connectivity index is 1.86. The highest BCUT2D eigenvalue weighted by Gasteiger charge is 2.35. The molecule has 6 heteroatoms. The monoisotopic (exact) mass is 337 g/mol. The molecule has 23 heavy (non-hydrogen) atoms. The van der Waals surface area contributed by atoms with Gasteiger partial charge in [0.2, 0.25) is 0 Å². The lowest BCUT2D eigenvalue weighted by atomic mass is 10.2. The molecule has 0 unspecified atom stereocenters. The van der Waals surface area contributed by atoms with Gasteiger partial charge in [-0.3, -0.25) is 0 Å². The number of likely N-dealkylation sites (tertiary alicyclic amines) is 1. The van der Waals surface area contributed by atoms with E-state index in [1.165, 1.54) is 11.6 Å².